The lowest BCUT2D eigenvalue weighted by molar-refractivity contribution is 0.454. The van der Waals surface area contributed by atoms with E-state index in [0.29, 0.717) is 23.2 Å². The van der Waals surface area contributed by atoms with Crippen molar-refractivity contribution in [1.82, 2.24) is 4.98 Å². The van der Waals surface area contributed by atoms with E-state index in [2.05, 4.69) is 4.98 Å². The molecule has 0 saturated carbocycles. The van der Waals surface area contributed by atoms with Crippen molar-refractivity contribution < 1.29 is 9.13 Å². The van der Waals surface area contributed by atoms with Crippen LogP contribution in [0, 0.1) is 12.7 Å². The summed E-state index contributed by atoms with van der Waals surface area (Å²) in [5.41, 5.74) is 7.09. The average Bonchev–Trinajstić information content (AvgIpc) is 2.36. The molecule has 2 rings (SSSR count). The van der Waals surface area contributed by atoms with Gasteiger partial charge in [0, 0.05) is 24.9 Å². The number of nitrogens with zero attached hydrogens (tertiary/aromatic N) is 1. The molecule has 2 aromatic rings. The minimum absolute atomic E-state index is 0.292. The molecule has 0 aliphatic carbocycles. The van der Waals surface area contributed by atoms with Crippen LogP contribution in [-0.2, 0) is 6.54 Å². The lowest BCUT2D eigenvalue weighted by Crippen LogP contribution is -1.99. The summed E-state index contributed by atoms with van der Waals surface area (Å²) in [4.78, 5) is 4.02. The number of halogens is 2. The summed E-state index contributed by atoms with van der Waals surface area (Å²) in [6.07, 6.45) is 1.47. The minimum Gasteiger partial charge on any atom is -0.439 e. The van der Waals surface area contributed by atoms with Gasteiger partial charge in [-0.3, -0.25) is 0 Å². The van der Waals surface area contributed by atoms with E-state index in [1.165, 1.54) is 18.3 Å². The second kappa shape index (κ2) is 5.33. The van der Waals surface area contributed by atoms with E-state index >= 15 is 0 Å². The van der Waals surface area contributed by atoms with E-state index in [0.717, 1.165) is 11.1 Å². The monoisotopic (exact) mass is 266 g/mol. The summed E-state index contributed by atoms with van der Waals surface area (Å²) in [5, 5.41) is 0.487. The molecule has 0 saturated heterocycles. The molecule has 1 aromatic carbocycles. The Kier molecular flexibility index (Phi) is 3.79. The minimum atomic E-state index is -0.358. The molecule has 0 aliphatic heterocycles. The highest BCUT2D eigenvalue weighted by molar-refractivity contribution is 6.31. The maximum Gasteiger partial charge on any atom is 0.219 e. The van der Waals surface area contributed by atoms with E-state index < -0.39 is 0 Å². The third kappa shape index (κ3) is 2.78. The van der Waals surface area contributed by atoms with Gasteiger partial charge in [-0.15, -0.1) is 0 Å². The number of benzene rings is 1. The van der Waals surface area contributed by atoms with Crippen LogP contribution in [0.2, 0.25) is 5.02 Å². The lowest BCUT2D eigenvalue weighted by atomic mass is 10.2. The maximum absolute atomic E-state index is 13.1. The summed E-state index contributed by atoms with van der Waals surface area (Å²) in [6, 6.07) is 5.98. The van der Waals surface area contributed by atoms with Gasteiger partial charge in [0.25, 0.3) is 0 Å². The number of pyridine rings is 1. The van der Waals surface area contributed by atoms with Crippen LogP contribution in [0.5, 0.6) is 11.6 Å². The Morgan fingerprint density at radius 2 is 2.17 bits per heavy atom. The van der Waals surface area contributed by atoms with E-state index in [1.807, 2.05) is 6.92 Å². The third-order valence-electron chi connectivity index (χ3n) is 2.49. The van der Waals surface area contributed by atoms with Crippen molar-refractivity contribution in [2.45, 2.75) is 13.5 Å². The first-order chi connectivity index (χ1) is 8.60. The van der Waals surface area contributed by atoms with E-state index in [4.69, 9.17) is 22.1 Å². The predicted octanol–water partition coefficient (Wildman–Crippen LogP) is 3.43. The highest BCUT2D eigenvalue weighted by atomic mass is 35.5. The van der Waals surface area contributed by atoms with Gasteiger partial charge in [0.05, 0.1) is 5.02 Å². The molecule has 5 heteroatoms. The zero-order valence-corrected chi connectivity index (χ0v) is 10.5. The molecule has 0 spiro atoms. The topological polar surface area (TPSA) is 48.1 Å². The van der Waals surface area contributed by atoms with Gasteiger partial charge in [-0.2, -0.15) is 0 Å². The van der Waals surface area contributed by atoms with Crippen LogP contribution in [-0.4, -0.2) is 4.98 Å². The van der Waals surface area contributed by atoms with Gasteiger partial charge in [0.15, 0.2) is 0 Å². The Balaban J connectivity index is 2.31. The second-order valence-corrected chi connectivity index (χ2v) is 4.24. The largest absolute Gasteiger partial charge is 0.439 e. The van der Waals surface area contributed by atoms with Gasteiger partial charge in [-0.1, -0.05) is 17.7 Å². The molecule has 0 bridgehead atoms. The predicted molar refractivity (Wildman–Crippen MR) is 68.3 cm³/mol. The number of nitrogens with two attached hydrogens (primary N) is 1. The molecule has 1 heterocycles. The van der Waals surface area contributed by atoms with Crippen molar-refractivity contribution in [3.8, 4) is 11.6 Å². The highest BCUT2D eigenvalue weighted by Crippen LogP contribution is 2.26. The fourth-order valence-electron chi connectivity index (χ4n) is 1.47. The Bertz CT molecular complexity index is 575. The molecule has 0 unspecified atom stereocenters. The number of rotatable bonds is 3. The number of ether oxygens (including phenoxy) is 1. The molecular formula is C13H12ClFN2O. The molecule has 18 heavy (non-hydrogen) atoms. The molecule has 0 radical (unpaired) electrons. The normalized spacial score (nSPS) is 10.4. The summed E-state index contributed by atoms with van der Waals surface area (Å²) >= 11 is 5.90. The second-order valence-electron chi connectivity index (χ2n) is 3.83. The summed E-state index contributed by atoms with van der Waals surface area (Å²) in [7, 11) is 0. The maximum atomic E-state index is 13.1. The lowest BCUT2D eigenvalue weighted by Gasteiger charge is -2.09. The van der Waals surface area contributed by atoms with Gasteiger partial charge >= 0.3 is 0 Å². The zero-order chi connectivity index (χ0) is 13.1. The molecular weight excluding hydrogens is 255 g/mol. The van der Waals surface area contributed by atoms with Gasteiger partial charge in [0.2, 0.25) is 5.88 Å². The Morgan fingerprint density at radius 3 is 2.89 bits per heavy atom. The number of hydrogen-bond donors (Lipinski definition) is 1. The van der Waals surface area contributed by atoms with Crippen molar-refractivity contribution >= 4 is 11.6 Å². The molecule has 94 valence electrons. The molecule has 0 aliphatic rings. The average molecular weight is 267 g/mol. The Morgan fingerprint density at radius 1 is 1.39 bits per heavy atom. The SMILES string of the molecule is Cc1ccc(F)cc1Oc1cc(CN)c(Cl)cn1. The van der Waals surface area contributed by atoms with Gasteiger partial charge in [-0.25, -0.2) is 9.37 Å². The number of aryl methyl sites for hydroxylation is 1. The molecule has 2 N–H and O–H groups in total. The van der Waals surface area contributed by atoms with Crippen LogP contribution >= 0.6 is 11.6 Å². The zero-order valence-electron chi connectivity index (χ0n) is 9.78. The van der Waals surface area contributed by atoms with Gasteiger partial charge in [0.1, 0.15) is 11.6 Å². The first kappa shape index (κ1) is 12.8. The molecule has 0 amide bonds. The van der Waals surface area contributed by atoms with Crippen LogP contribution in [0.25, 0.3) is 0 Å². The fraction of sp³-hybridized carbons (Fsp3) is 0.154. The van der Waals surface area contributed by atoms with Crippen LogP contribution in [0.15, 0.2) is 30.5 Å². The van der Waals surface area contributed by atoms with E-state index in [9.17, 15) is 4.39 Å². The smallest absolute Gasteiger partial charge is 0.219 e. The summed E-state index contributed by atoms with van der Waals surface area (Å²) in [6.45, 7) is 2.12. The van der Waals surface area contributed by atoms with E-state index in [1.54, 1.807) is 12.1 Å². The number of aromatic nitrogens is 1. The quantitative estimate of drug-likeness (QED) is 0.926. The van der Waals surface area contributed by atoms with Crippen LogP contribution in [0.1, 0.15) is 11.1 Å². The van der Waals surface area contributed by atoms with Gasteiger partial charge in [-0.05, 0) is 24.1 Å². The Hall–Kier alpha value is -1.65. The van der Waals surface area contributed by atoms with Crippen molar-refractivity contribution in [1.29, 1.82) is 0 Å². The number of hydrogen-bond acceptors (Lipinski definition) is 3. The first-order valence-corrected chi connectivity index (χ1v) is 5.76. The van der Waals surface area contributed by atoms with Crippen molar-refractivity contribution in [3.05, 3.63) is 52.4 Å². The van der Waals surface area contributed by atoms with Crippen molar-refractivity contribution in [3.63, 3.8) is 0 Å². The van der Waals surface area contributed by atoms with Crippen molar-refractivity contribution in [2.24, 2.45) is 5.73 Å². The highest BCUT2D eigenvalue weighted by Gasteiger charge is 2.07. The fourth-order valence-corrected chi connectivity index (χ4v) is 1.65. The van der Waals surface area contributed by atoms with Crippen LogP contribution < -0.4 is 10.5 Å². The molecule has 1 aromatic heterocycles. The molecule has 0 fully saturated rings. The van der Waals surface area contributed by atoms with Crippen LogP contribution in [0.4, 0.5) is 4.39 Å². The van der Waals surface area contributed by atoms with Gasteiger partial charge < -0.3 is 10.5 Å². The summed E-state index contributed by atoms with van der Waals surface area (Å²) < 4.78 is 18.6. The van der Waals surface area contributed by atoms with E-state index in [-0.39, 0.29) is 5.82 Å². The third-order valence-corrected chi connectivity index (χ3v) is 2.83. The molecule has 3 nitrogen and oxygen atoms in total. The van der Waals surface area contributed by atoms with Crippen LogP contribution in [0.3, 0.4) is 0 Å². The molecule has 0 atom stereocenters. The first-order valence-electron chi connectivity index (χ1n) is 5.38. The Labute approximate surface area is 109 Å². The van der Waals surface area contributed by atoms with Crippen molar-refractivity contribution in [2.75, 3.05) is 0 Å². The summed E-state index contributed by atoms with van der Waals surface area (Å²) in [5.74, 6) is 0.407. The standard InChI is InChI=1S/C13H12ClFN2O/c1-8-2-3-10(15)5-12(8)18-13-4-9(6-16)11(14)7-17-13/h2-5,7H,6,16H2,1H3.